The first-order valence-corrected chi connectivity index (χ1v) is 9.82. The molecular formula is C21H15ClIN3O. The topological polar surface area (TPSA) is 46.9 Å². The summed E-state index contributed by atoms with van der Waals surface area (Å²) in [5.74, 6) is 0.467. The number of nitrogens with zero attached hydrogens (tertiary/aromatic N) is 2. The largest absolute Gasteiger partial charge is 0.307 e. The zero-order chi connectivity index (χ0) is 18.8. The Bertz CT molecular complexity index is 1130. The summed E-state index contributed by atoms with van der Waals surface area (Å²) in [6, 6.07) is 21.5. The van der Waals surface area contributed by atoms with Crippen molar-refractivity contribution in [2.75, 3.05) is 5.32 Å². The molecule has 4 rings (SSSR count). The Morgan fingerprint density at radius 2 is 1.89 bits per heavy atom. The fraction of sp³-hybridized carbons (Fsp3) is 0.0476. The van der Waals surface area contributed by atoms with E-state index in [2.05, 4.69) is 57.3 Å². The smallest absolute Gasteiger partial charge is 0.257 e. The van der Waals surface area contributed by atoms with Gasteiger partial charge in [0.05, 0.1) is 18.3 Å². The molecule has 0 atom stereocenters. The summed E-state index contributed by atoms with van der Waals surface area (Å²) in [5.41, 5.74) is 1.73. The third-order valence-corrected chi connectivity index (χ3v) is 5.46. The second-order valence-electron chi connectivity index (χ2n) is 6.09. The minimum atomic E-state index is -0.185. The fourth-order valence-corrected chi connectivity index (χ4v) is 4.13. The molecule has 0 saturated carbocycles. The van der Waals surface area contributed by atoms with Crippen LogP contribution in [0.2, 0.25) is 5.02 Å². The summed E-state index contributed by atoms with van der Waals surface area (Å²) >= 11 is 8.09. The molecule has 3 aromatic carbocycles. The predicted molar refractivity (Wildman–Crippen MR) is 117 cm³/mol. The molecule has 1 aromatic heterocycles. The van der Waals surface area contributed by atoms with Gasteiger partial charge in [-0.15, -0.1) is 0 Å². The van der Waals surface area contributed by atoms with E-state index in [-0.39, 0.29) is 5.91 Å². The first-order chi connectivity index (χ1) is 13.1. The number of hydrogen-bond donors (Lipinski definition) is 1. The summed E-state index contributed by atoms with van der Waals surface area (Å²) in [5, 5.41) is 10.3. The van der Waals surface area contributed by atoms with Crippen LogP contribution >= 0.6 is 34.2 Å². The average Bonchev–Trinajstić information content (AvgIpc) is 3.08. The van der Waals surface area contributed by atoms with Gasteiger partial charge in [0.15, 0.2) is 0 Å². The van der Waals surface area contributed by atoms with Gasteiger partial charge in [0.1, 0.15) is 5.82 Å². The summed E-state index contributed by atoms with van der Waals surface area (Å²) < 4.78 is 2.60. The van der Waals surface area contributed by atoms with Crippen LogP contribution in [-0.4, -0.2) is 15.7 Å². The van der Waals surface area contributed by atoms with E-state index in [0.29, 0.717) is 22.9 Å². The van der Waals surface area contributed by atoms with E-state index in [1.165, 1.54) is 10.8 Å². The molecule has 27 heavy (non-hydrogen) atoms. The number of fused-ring (bicyclic) bond motifs is 1. The lowest BCUT2D eigenvalue weighted by molar-refractivity contribution is 0.102. The van der Waals surface area contributed by atoms with E-state index >= 15 is 0 Å². The third kappa shape index (κ3) is 3.84. The minimum absolute atomic E-state index is 0.185. The highest BCUT2D eigenvalue weighted by atomic mass is 127. The van der Waals surface area contributed by atoms with Crippen LogP contribution in [0.25, 0.3) is 10.8 Å². The van der Waals surface area contributed by atoms with Crippen LogP contribution < -0.4 is 5.32 Å². The Balaban J connectivity index is 1.60. The van der Waals surface area contributed by atoms with Crippen LogP contribution in [0, 0.1) is 3.57 Å². The fourth-order valence-electron chi connectivity index (χ4n) is 3.01. The van der Waals surface area contributed by atoms with E-state index in [1.807, 2.05) is 18.2 Å². The molecule has 1 N–H and O–H groups in total. The highest BCUT2D eigenvalue weighted by Gasteiger charge is 2.13. The number of hydrogen-bond acceptors (Lipinski definition) is 2. The van der Waals surface area contributed by atoms with Crippen molar-refractivity contribution in [1.29, 1.82) is 0 Å². The molecule has 0 unspecified atom stereocenters. The second kappa shape index (κ2) is 7.70. The number of amides is 1. The van der Waals surface area contributed by atoms with Crippen LogP contribution in [0.1, 0.15) is 15.9 Å². The highest BCUT2D eigenvalue weighted by Crippen LogP contribution is 2.22. The Morgan fingerprint density at radius 1 is 1.07 bits per heavy atom. The van der Waals surface area contributed by atoms with Crippen molar-refractivity contribution in [2.45, 2.75) is 6.54 Å². The van der Waals surface area contributed by atoms with E-state index in [1.54, 1.807) is 35.1 Å². The van der Waals surface area contributed by atoms with E-state index in [9.17, 15) is 4.79 Å². The van der Waals surface area contributed by atoms with E-state index in [0.717, 1.165) is 9.13 Å². The molecule has 0 aliphatic heterocycles. The zero-order valence-corrected chi connectivity index (χ0v) is 17.1. The summed E-state index contributed by atoms with van der Waals surface area (Å²) in [4.78, 5) is 12.7. The maximum atomic E-state index is 12.7. The maximum absolute atomic E-state index is 12.7. The molecule has 0 radical (unpaired) electrons. The van der Waals surface area contributed by atoms with Crippen molar-refractivity contribution in [3.63, 3.8) is 0 Å². The number of benzene rings is 3. The lowest BCUT2D eigenvalue weighted by Crippen LogP contribution is -2.17. The van der Waals surface area contributed by atoms with Gasteiger partial charge < -0.3 is 5.32 Å². The molecule has 0 bridgehead atoms. The van der Waals surface area contributed by atoms with Crippen LogP contribution in [0.4, 0.5) is 5.82 Å². The van der Waals surface area contributed by atoms with Crippen molar-refractivity contribution in [2.24, 2.45) is 0 Å². The number of halogens is 2. The van der Waals surface area contributed by atoms with Crippen LogP contribution in [-0.2, 0) is 6.54 Å². The van der Waals surface area contributed by atoms with Gasteiger partial charge in [-0.25, -0.2) is 4.68 Å². The molecule has 0 aliphatic carbocycles. The molecule has 1 heterocycles. The van der Waals surface area contributed by atoms with Gasteiger partial charge in [-0.2, -0.15) is 5.10 Å². The second-order valence-corrected chi connectivity index (χ2v) is 7.69. The van der Waals surface area contributed by atoms with Crippen LogP contribution in [0.5, 0.6) is 0 Å². The van der Waals surface area contributed by atoms with Gasteiger partial charge in [-0.05, 0) is 57.1 Å². The van der Waals surface area contributed by atoms with Crippen molar-refractivity contribution < 1.29 is 4.79 Å². The predicted octanol–water partition coefficient (Wildman–Crippen LogP) is 5.59. The lowest BCUT2D eigenvalue weighted by Gasteiger charge is -2.12. The van der Waals surface area contributed by atoms with Gasteiger partial charge >= 0.3 is 0 Å². The normalized spacial score (nSPS) is 10.9. The number of rotatable bonds is 4. The van der Waals surface area contributed by atoms with Crippen molar-refractivity contribution in [3.8, 4) is 0 Å². The quantitative estimate of drug-likeness (QED) is 0.381. The van der Waals surface area contributed by atoms with E-state index in [4.69, 9.17) is 11.6 Å². The molecule has 6 heteroatoms. The zero-order valence-electron chi connectivity index (χ0n) is 14.2. The van der Waals surface area contributed by atoms with Crippen molar-refractivity contribution in [1.82, 2.24) is 9.78 Å². The molecule has 134 valence electrons. The van der Waals surface area contributed by atoms with Gasteiger partial charge in [0.2, 0.25) is 0 Å². The highest BCUT2D eigenvalue weighted by molar-refractivity contribution is 14.1. The Morgan fingerprint density at radius 3 is 2.74 bits per heavy atom. The van der Waals surface area contributed by atoms with Gasteiger partial charge in [0, 0.05) is 14.7 Å². The number of carbonyl (C=O) groups is 1. The maximum Gasteiger partial charge on any atom is 0.257 e. The summed E-state index contributed by atoms with van der Waals surface area (Å²) in [6.07, 6.45) is 1.69. The molecule has 0 spiro atoms. The number of nitrogens with one attached hydrogen (secondary N) is 1. The Labute approximate surface area is 175 Å². The van der Waals surface area contributed by atoms with Gasteiger partial charge in [0.25, 0.3) is 5.91 Å². The van der Waals surface area contributed by atoms with Gasteiger partial charge in [-0.1, -0.05) is 54.1 Å². The first-order valence-electron chi connectivity index (χ1n) is 8.37. The van der Waals surface area contributed by atoms with Gasteiger partial charge in [-0.3, -0.25) is 4.79 Å². The standard InChI is InChI=1S/C21H15ClIN3O/c22-16-8-9-18(19(23)12-16)21(27)25-20-10-11-24-26(20)13-15-6-3-5-14-4-1-2-7-17(14)15/h1-12H,13H2,(H,25,27). The molecule has 1 amide bonds. The monoisotopic (exact) mass is 487 g/mol. The minimum Gasteiger partial charge on any atom is -0.307 e. The van der Waals surface area contributed by atoms with Crippen molar-refractivity contribution >= 4 is 56.7 Å². The Kier molecular flexibility index (Phi) is 5.13. The summed E-state index contributed by atoms with van der Waals surface area (Å²) in [7, 11) is 0. The summed E-state index contributed by atoms with van der Waals surface area (Å²) in [6.45, 7) is 0.571. The number of carbonyl (C=O) groups excluding carboxylic acids is 1. The molecule has 4 nitrogen and oxygen atoms in total. The lowest BCUT2D eigenvalue weighted by atomic mass is 10.0. The number of anilines is 1. The Hall–Kier alpha value is -2.38. The first kappa shape index (κ1) is 18.0. The van der Waals surface area contributed by atoms with Crippen molar-refractivity contribution in [3.05, 3.63) is 92.6 Å². The molecular weight excluding hydrogens is 473 g/mol. The third-order valence-electron chi connectivity index (χ3n) is 4.33. The SMILES string of the molecule is O=C(Nc1ccnn1Cc1cccc2ccccc12)c1ccc(Cl)cc1I. The molecule has 0 fully saturated rings. The average molecular weight is 488 g/mol. The molecule has 4 aromatic rings. The van der Waals surface area contributed by atoms with Crippen LogP contribution in [0.15, 0.2) is 72.9 Å². The number of aromatic nitrogens is 2. The van der Waals surface area contributed by atoms with Crippen LogP contribution in [0.3, 0.4) is 0 Å². The van der Waals surface area contributed by atoms with E-state index < -0.39 is 0 Å². The molecule has 0 aliphatic rings. The molecule has 0 saturated heterocycles.